The first-order chi connectivity index (χ1) is 10.2. The van der Waals surface area contributed by atoms with Crippen molar-refractivity contribution in [3.8, 4) is 0 Å². The van der Waals surface area contributed by atoms with Crippen LogP contribution in [0.2, 0.25) is 0 Å². The van der Waals surface area contributed by atoms with Crippen LogP contribution in [0.4, 0.5) is 0 Å². The van der Waals surface area contributed by atoms with Gasteiger partial charge in [-0.25, -0.2) is 0 Å². The monoisotopic (exact) mass is 347 g/mol. The van der Waals surface area contributed by atoms with E-state index in [1.807, 2.05) is 18.2 Å². The molecule has 2 heterocycles. The molecule has 0 fully saturated rings. The molecule has 1 amide bonds. The van der Waals surface area contributed by atoms with E-state index in [2.05, 4.69) is 40.3 Å². The molecule has 21 heavy (non-hydrogen) atoms. The first-order valence-corrected chi connectivity index (χ1v) is 8.24. The molecule has 1 aliphatic rings. The lowest BCUT2D eigenvalue weighted by Gasteiger charge is -2.11. The van der Waals surface area contributed by atoms with Gasteiger partial charge in [0.15, 0.2) is 0 Å². The largest absolute Gasteiger partial charge is 0.465 e. The van der Waals surface area contributed by atoms with Crippen molar-refractivity contribution in [3.63, 3.8) is 0 Å². The van der Waals surface area contributed by atoms with Gasteiger partial charge in [-0.3, -0.25) is 4.79 Å². The van der Waals surface area contributed by atoms with Crippen LogP contribution in [0.5, 0.6) is 0 Å². The molecule has 0 bridgehead atoms. The molecule has 2 aromatic rings. The third-order valence-corrected chi connectivity index (χ3v) is 4.84. The lowest BCUT2D eigenvalue weighted by atomic mass is 9.99. The van der Waals surface area contributed by atoms with Crippen molar-refractivity contribution in [1.82, 2.24) is 5.32 Å². The van der Waals surface area contributed by atoms with Crippen molar-refractivity contribution in [2.45, 2.75) is 31.0 Å². The molecule has 110 valence electrons. The van der Waals surface area contributed by atoms with Crippen LogP contribution >= 0.6 is 15.9 Å². The Hall–Kier alpha value is -1.55. The van der Waals surface area contributed by atoms with Crippen LogP contribution in [0.3, 0.4) is 0 Å². The number of hydrogen-bond acceptors (Lipinski definition) is 2. The normalized spacial score (nSPS) is 16.0. The van der Waals surface area contributed by atoms with Gasteiger partial charge in [-0.05, 0) is 42.2 Å². The summed E-state index contributed by atoms with van der Waals surface area (Å²) >= 11 is 3.68. The summed E-state index contributed by atoms with van der Waals surface area (Å²) in [6, 6.07) is 10.1. The van der Waals surface area contributed by atoms with Crippen LogP contribution in [-0.4, -0.2) is 12.5 Å². The summed E-state index contributed by atoms with van der Waals surface area (Å²) in [4.78, 5) is 12.1. The molecule has 1 aromatic carbocycles. The number of halogens is 1. The molecule has 4 heteroatoms. The summed E-state index contributed by atoms with van der Waals surface area (Å²) in [7, 11) is 0. The van der Waals surface area contributed by atoms with Crippen LogP contribution < -0.4 is 5.32 Å². The summed E-state index contributed by atoms with van der Waals surface area (Å²) < 4.78 is 5.80. The third-order valence-electron chi connectivity index (χ3n) is 3.86. The Bertz CT molecular complexity index is 663. The molecule has 3 nitrogen and oxygen atoms in total. The number of amides is 1. The highest BCUT2D eigenvalue weighted by Gasteiger charge is 2.20. The zero-order valence-corrected chi connectivity index (χ0v) is 13.6. The molecular formula is C17H18BrNO2. The lowest BCUT2D eigenvalue weighted by Crippen LogP contribution is -2.22. The predicted octanol–water partition coefficient (Wildman–Crippen LogP) is 4.00. The predicted molar refractivity (Wildman–Crippen MR) is 86.0 cm³/mol. The Morgan fingerprint density at radius 1 is 1.33 bits per heavy atom. The zero-order chi connectivity index (χ0) is 14.8. The molecule has 1 aliphatic heterocycles. The van der Waals surface area contributed by atoms with Crippen LogP contribution in [-0.2, 0) is 12.8 Å². The molecule has 1 unspecified atom stereocenters. The minimum absolute atomic E-state index is 0.0257. The maximum atomic E-state index is 12.1. The molecule has 0 saturated carbocycles. The maximum Gasteiger partial charge on any atom is 0.251 e. The van der Waals surface area contributed by atoms with Crippen LogP contribution in [0.1, 0.15) is 51.2 Å². The first kappa shape index (κ1) is 14.4. The third kappa shape index (κ3) is 2.91. The summed E-state index contributed by atoms with van der Waals surface area (Å²) in [5.41, 5.74) is 2.96. The van der Waals surface area contributed by atoms with Crippen molar-refractivity contribution in [1.29, 1.82) is 0 Å². The summed E-state index contributed by atoms with van der Waals surface area (Å²) in [5, 5.41) is 2.94. The van der Waals surface area contributed by atoms with Gasteiger partial charge < -0.3 is 9.73 Å². The highest BCUT2D eigenvalue weighted by Crippen LogP contribution is 2.33. The van der Waals surface area contributed by atoms with Gasteiger partial charge in [-0.1, -0.05) is 35.0 Å². The fraction of sp³-hybridized carbons (Fsp3) is 0.353. The van der Waals surface area contributed by atoms with Gasteiger partial charge in [-0.15, -0.1) is 0 Å². The minimum atomic E-state index is -0.0286. The minimum Gasteiger partial charge on any atom is -0.465 e. The van der Waals surface area contributed by atoms with Crippen molar-refractivity contribution < 1.29 is 9.21 Å². The zero-order valence-electron chi connectivity index (χ0n) is 12.0. The molecule has 0 radical (unpaired) electrons. The van der Waals surface area contributed by atoms with Gasteiger partial charge in [0.05, 0.1) is 4.83 Å². The molecule has 1 N–H and O–H groups in total. The molecule has 0 saturated heterocycles. The van der Waals surface area contributed by atoms with E-state index in [4.69, 9.17) is 4.42 Å². The number of rotatable bonds is 3. The average Bonchev–Trinajstić information content (AvgIpc) is 2.92. The lowest BCUT2D eigenvalue weighted by molar-refractivity contribution is 0.0956. The summed E-state index contributed by atoms with van der Waals surface area (Å²) in [5.74, 6) is 1.88. The number of fused-ring (bicyclic) bond motifs is 1. The number of benzene rings is 1. The van der Waals surface area contributed by atoms with Gasteiger partial charge in [0, 0.05) is 18.5 Å². The average molecular weight is 348 g/mol. The highest BCUT2D eigenvalue weighted by molar-refractivity contribution is 9.09. The number of alkyl halides is 1. The van der Waals surface area contributed by atoms with E-state index in [-0.39, 0.29) is 10.7 Å². The van der Waals surface area contributed by atoms with Crippen LogP contribution in [0, 0.1) is 0 Å². The Labute approximate surface area is 132 Å². The van der Waals surface area contributed by atoms with Gasteiger partial charge in [0.1, 0.15) is 11.5 Å². The Morgan fingerprint density at radius 3 is 2.95 bits per heavy atom. The SMILES string of the molecule is CCc1ccc(C(Br)c2ccc3c(c2)C(=O)NCCC3)o1. The van der Waals surface area contributed by atoms with E-state index in [0.717, 1.165) is 54.0 Å². The quantitative estimate of drug-likeness (QED) is 0.852. The fourth-order valence-corrected chi connectivity index (χ4v) is 3.17. The summed E-state index contributed by atoms with van der Waals surface area (Å²) in [6.45, 7) is 2.82. The number of carbonyl (C=O) groups is 1. The number of hydrogen-bond donors (Lipinski definition) is 1. The Morgan fingerprint density at radius 2 is 2.19 bits per heavy atom. The summed E-state index contributed by atoms with van der Waals surface area (Å²) in [6.07, 6.45) is 2.82. The first-order valence-electron chi connectivity index (χ1n) is 7.32. The topological polar surface area (TPSA) is 42.2 Å². The second kappa shape index (κ2) is 6.06. The molecule has 1 aromatic heterocycles. The van der Waals surface area contributed by atoms with E-state index in [0.29, 0.717) is 0 Å². The Kier molecular flexibility index (Phi) is 4.15. The van der Waals surface area contributed by atoms with Gasteiger partial charge in [0.2, 0.25) is 0 Å². The maximum absolute atomic E-state index is 12.1. The fourth-order valence-electron chi connectivity index (χ4n) is 2.64. The number of aryl methyl sites for hydroxylation is 2. The number of carbonyl (C=O) groups excluding carboxylic acids is 1. The van der Waals surface area contributed by atoms with Crippen LogP contribution in [0.25, 0.3) is 0 Å². The number of furan rings is 1. The van der Waals surface area contributed by atoms with Crippen molar-refractivity contribution in [2.75, 3.05) is 6.54 Å². The highest BCUT2D eigenvalue weighted by atomic mass is 79.9. The second-order valence-electron chi connectivity index (χ2n) is 5.30. The second-order valence-corrected chi connectivity index (χ2v) is 6.21. The Balaban J connectivity index is 1.93. The van der Waals surface area contributed by atoms with E-state index in [1.54, 1.807) is 0 Å². The van der Waals surface area contributed by atoms with Crippen molar-refractivity contribution >= 4 is 21.8 Å². The number of nitrogens with one attached hydrogen (secondary N) is 1. The van der Waals surface area contributed by atoms with Gasteiger partial charge in [0.25, 0.3) is 5.91 Å². The standard InChI is InChI=1S/C17H18BrNO2/c1-2-13-7-8-15(21-13)16(18)12-6-5-11-4-3-9-19-17(20)14(11)10-12/h5-8,10,16H,2-4,9H2,1H3,(H,19,20). The molecule has 0 aliphatic carbocycles. The van der Waals surface area contributed by atoms with Crippen molar-refractivity contribution in [3.05, 3.63) is 58.5 Å². The van der Waals surface area contributed by atoms with Gasteiger partial charge >= 0.3 is 0 Å². The van der Waals surface area contributed by atoms with Crippen molar-refractivity contribution in [2.24, 2.45) is 0 Å². The van der Waals surface area contributed by atoms with E-state index >= 15 is 0 Å². The smallest absolute Gasteiger partial charge is 0.251 e. The molecule has 0 spiro atoms. The molecule has 1 atom stereocenters. The molecule has 3 rings (SSSR count). The van der Waals surface area contributed by atoms with E-state index < -0.39 is 0 Å². The van der Waals surface area contributed by atoms with E-state index in [1.165, 1.54) is 0 Å². The van der Waals surface area contributed by atoms with E-state index in [9.17, 15) is 4.79 Å². The van der Waals surface area contributed by atoms with Crippen LogP contribution in [0.15, 0.2) is 34.7 Å². The molecular weight excluding hydrogens is 330 g/mol. The van der Waals surface area contributed by atoms with Gasteiger partial charge in [-0.2, -0.15) is 0 Å².